The van der Waals surface area contributed by atoms with Gasteiger partial charge in [-0.25, -0.2) is 0 Å². The molecule has 0 heterocycles. The number of methoxy groups -OCH3 is 4. The van der Waals surface area contributed by atoms with Crippen molar-refractivity contribution in [2.45, 2.75) is 63.2 Å². The number of benzene rings is 1. The molecular weight excluding hydrogens is 376 g/mol. The van der Waals surface area contributed by atoms with Gasteiger partial charge in [-0.1, -0.05) is 0 Å². The van der Waals surface area contributed by atoms with Crippen LogP contribution in [0.5, 0.6) is 0 Å². The minimum atomic E-state index is -1.83. The van der Waals surface area contributed by atoms with E-state index in [2.05, 4.69) is 19.6 Å². The Morgan fingerprint density at radius 2 is 1.11 bits per heavy atom. The van der Waals surface area contributed by atoms with E-state index in [1.807, 2.05) is 6.92 Å². The van der Waals surface area contributed by atoms with Crippen molar-refractivity contribution in [3.05, 3.63) is 33.4 Å². The van der Waals surface area contributed by atoms with Gasteiger partial charge in [-0.05, 0) is 43.3 Å². The van der Waals surface area contributed by atoms with Crippen LogP contribution in [0, 0.1) is 0 Å². The molecule has 0 aromatic heterocycles. The molecule has 156 valence electrons. The van der Waals surface area contributed by atoms with Gasteiger partial charge in [0.05, 0.1) is 0 Å². The lowest BCUT2D eigenvalue weighted by atomic mass is 9.58. The summed E-state index contributed by atoms with van der Waals surface area (Å²) in [5.74, 6) is -2.16. The minimum absolute atomic E-state index is 0.607. The predicted octanol–water partition coefficient (Wildman–Crippen LogP) is 3.29. The third-order valence-corrected chi connectivity index (χ3v) is 7.30. The van der Waals surface area contributed by atoms with Crippen LogP contribution in [0.4, 0.5) is 0 Å². The van der Waals surface area contributed by atoms with E-state index in [9.17, 15) is 0 Å². The van der Waals surface area contributed by atoms with Gasteiger partial charge < -0.3 is 28.1 Å². The molecule has 0 N–H and O–H groups in total. The lowest BCUT2D eigenvalue weighted by Gasteiger charge is -2.58. The second-order valence-corrected chi connectivity index (χ2v) is 13.2. The standard InChI is InChI=1S/C21H32O6Si/c1-9-26-21(27-28(6,7)8)11-13-14-10-19(22-2,23-3)17(14)18-15(16(13)21)12-20(18,24-4)25-5/h9-12H2,1-8H3. The maximum atomic E-state index is 6.63. The normalized spacial score (nSPS) is 25.7. The average Bonchev–Trinajstić information content (AvgIpc) is 2.60. The third-order valence-electron chi connectivity index (χ3n) is 6.36. The molecule has 0 saturated carbocycles. The van der Waals surface area contributed by atoms with Gasteiger partial charge in [0.25, 0.3) is 0 Å². The first-order valence-corrected chi connectivity index (χ1v) is 13.3. The molecule has 0 aliphatic heterocycles. The Morgan fingerprint density at radius 3 is 1.57 bits per heavy atom. The second kappa shape index (κ2) is 6.35. The molecule has 0 spiro atoms. The lowest BCUT2D eigenvalue weighted by Crippen LogP contribution is -2.59. The molecule has 1 unspecified atom stereocenters. The van der Waals surface area contributed by atoms with Crippen LogP contribution in [0.15, 0.2) is 0 Å². The Hall–Kier alpha value is -0.803. The summed E-state index contributed by atoms with van der Waals surface area (Å²) in [6.07, 6.45) is 2.15. The SMILES string of the molecule is CCOC1(O[Si](C)(C)C)Cc2c3c(c4c(c21)CC4(OC)OC)C(OC)(OC)C3. The van der Waals surface area contributed by atoms with E-state index in [1.54, 1.807) is 28.4 Å². The van der Waals surface area contributed by atoms with Crippen molar-refractivity contribution < 1.29 is 28.1 Å². The summed E-state index contributed by atoms with van der Waals surface area (Å²) in [6, 6.07) is 0. The van der Waals surface area contributed by atoms with Crippen molar-refractivity contribution in [1.29, 1.82) is 0 Å². The minimum Gasteiger partial charge on any atom is -0.387 e. The van der Waals surface area contributed by atoms with Crippen LogP contribution < -0.4 is 0 Å². The Kier molecular flexibility index (Phi) is 4.64. The monoisotopic (exact) mass is 408 g/mol. The van der Waals surface area contributed by atoms with Crippen LogP contribution in [0.25, 0.3) is 0 Å². The maximum absolute atomic E-state index is 6.63. The molecule has 0 fully saturated rings. The highest BCUT2D eigenvalue weighted by Crippen LogP contribution is 2.63. The van der Waals surface area contributed by atoms with Gasteiger partial charge >= 0.3 is 0 Å². The van der Waals surface area contributed by atoms with Gasteiger partial charge in [-0.2, -0.15) is 0 Å². The molecule has 0 radical (unpaired) electrons. The van der Waals surface area contributed by atoms with Gasteiger partial charge in [0.15, 0.2) is 25.7 Å². The molecule has 1 aromatic carbocycles. The van der Waals surface area contributed by atoms with Crippen LogP contribution in [0.3, 0.4) is 0 Å². The van der Waals surface area contributed by atoms with Crippen LogP contribution >= 0.6 is 0 Å². The molecule has 0 amide bonds. The smallest absolute Gasteiger partial charge is 0.199 e. The Bertz CT molecular complexity index is 806. The highest BCUT2D eigenvalue weighted by Gasteiger charge is 2.63. The number of ether oxygens (including phenoxy) is 5. The van der Waals surface area contributed by atoms with Gasteiger partial charge in [0.1, 0.15) is 0 Å². The van der Waals surface area contributed by atoms with Crippen molar-refractivity contribution in [3.8, 4) is 0 Å². The summed E-state index contributed by atoms with van der Waals surface area (Å²) in [6.45, 7) is 9.24. The van der Waals surface area contributed by atoms with Gasteiger partial charge in [0, 0.05) is 71.0 Å². The molecule has 4 rings (SSSR count). The Labute approximate surface area is 168 Å². The van der Waals surface area contributed by atoms with E-state index in [0.29, 0.717) is 19.4 Å². The van der Waals surface area contributed by atoms with Crippen molar-refractivity contribution in [1.82, 2.24) is 0 Å². The lowest BCUT2D eigenvalue weighted by molar-refractivity contribution is -0.259. The first-order valence-electron chi connectivity index (χ1n) is 9.93. The molecule has 3 aliphatic carbocycles. The summed E-state index contributed by atoms with van der Waals surface area (Å²) in [7, 11) is 4.93. The summed E-state index contributed by atoms with van der Waals surface area (Å²) < 4.78 is 36.2. The largest absolute Gasteiger partial charge is 0.387 e. The van der Waals surface area contributed by atoms with E-state index >= 15 is 0 Å². The first kappa shape index (κ1) is 20.5. The zero-order valence-electron chi connectivity index (χ0n) is 18.3. The van der Waals surface area contributed by atoms with Crippen LogP contribution in [-0.2, 0) is 64.7 Å². The van der Waals surface area contributed by atoms with E-state index in [0.717, 1.165) is 17.5 Å². The number of hydrogen-bond acceptors (Lipinski definition) is 6. The predicted molar refractivity (Wildman–Crippen MR) is 107 cm³/mol. The van der Waals surface area contributed by atoms with E-state index in [1.165, 1.54) is 22.3 Å². The second-order valence-electron chi connectivity index (χ2n) is 8.81. The van der Waals surface area contributed by atoms with E-state index < -0.39 is 25.7 Å². The maximum Gasteiger partial charge on any atom is 0.199 e. The molecule has 1 aromatic rings. The van der Waals surface area contributed by atoms with Gasteiger partial charge in [-0.3, -0.25) is 0 Å². The molecule has 3 aliphatic rings. The molecule has 0 bridgehead atoms. The fourth-order valence-corrected chi connectivity index (χ4v) is 6.47. The van der Waals surface area contributed by atoms with Crippen molar-refractivity contribution >= 4 is 8.32 Å². The third kappa shape index (κ3) is 2.41. The van der Waals surface area contributed by atoms with Crippen LogP contribution in [0.1, 0.15) is 40.3 Å². The fourth-order valence-electron chi connectivity index (χ4n) is 5.25. The highest BCUT2D eigenvalue weighted by atomic mass is 28.4. The quantitative estimate of drug-likeness (QED) is 0.486. The summed E-state index contributed by atoms with van der Waals surface area (Å²) in [5, 5.41) is 0. The first-order chi connectivity index (χ1) is 13.2. The zero-order valence-corrected chi connectivity index (χ0v) is 19.3. The summed E-state index contributed by atoms with van der Waals surface area (Å²) in [4.78, 5) is 0. The Morgan fingerprint density at radius 1 is 0.679 bits per heavy atom. The van der Waals surface area contributed by atoms with Crippen LogP contribution in [0.2, 0.25) is 19.6 Å². The van der Waals surface area contributed by atoms with E-state index in [4.69, 9.17) is 28.1 Å². The molecular formula is C21H32O6Si. The molecule has 0 saturated heterocycles. The van der Waals surface area contributed by atoms with Crippen molar-refractivity contribution in [3.63, 3.8) is 0 Å². The van der Waals surface area contributed by atoms with Crippen molar-refractivity contribution in [2.75, 3.05) is 35.0 Å². The zero-order chi connectivity index (χ0) is 20.5. The van der Waals surface area contributed by atoms with Gasteiger partial charge in [-0.15, -0.1) is 0 Å². The molecule has 1 atom stereocenters. The molecule has 7 heteroatoms. The number of rotatable bonds is 8. The summed E-state index contributed by atoms with van der Waals surface area (Å²) >= 11 is 0. The van der Waals surface area contributed by atoms with Gasteiger partial charge in [0.2, 0.25) is 0 Å². The number of hydrogen-bond donors (Lipinski definition) is 0. The Balaban J connectivity index is 1.93. The summed E-state index contributed by atoms with van der Waals surface area (Å²) in [5.41, 5.74) is 7.09. The average molecular weight is 409 g/mol. The topological polar surface area (TPSA) is 55.4 Å². The van der Waals surface area contributed by atoms with E-state index in [-0.39, 0.29) is 0 Å². The van der Waals surface area contributed by atoms with Crippen LogP contribution in [-0.4, -0.2) is 43.4 Å². The molecule has 6 nitrogen and oxygen atoms in total. The fraction of sp³-hybridized carbons (Fsp3) is 0.714. The highest BCUT2D eigenvalue weighted by molar-refractivity contribution is 6.69. The van der Waals surface area contributed by atoms with Crippen molar-refractivity contribution in [2.24, 2.45) is 0 Å². The molecule has 28 heavy (non-hydrogen) atoms. The number of fused-ring (bicyclic) bond motifs is 6.